The minimum Gasteiger partial charge on any atom is -0.369 e. The molecule has 1 fully saturated rings. The summed E-state index contributed by atoms with van der Waals surface area (Å²) in [5.41, 5.74) is 5.28. The third kappa shape index (κ3) is 3.99. The van der Waals surface area contributed by atoms with Gasteiger partial charge in [-0.15, -0.1) is 11.8 Å². The number of hydrogen-bond donors (Lipinski definition) is 1. The summed E-state index contributed by atoms with van der Waals surface area (Å²) in [4.78, 5) is 26.0. The Labute approximate surface area is 117 Å². The zero-order valence-corrected chi connectivity index (χ0v) is 11.6. The number of rotatable bonds is 4. The quantitative estimate of drug-likeness (QED) is 0.849. The van der Waals surface area contributed by atoms with Gasteiger partial charge < -0.3 is 10.6 Å². The van der Waals surface area contributed by atoms with Crippen LogP contribution < -0.4 is 5.73 Å². The standard InChI is InChI=1S/C14H18N2O2S/c15-14(18)11-6-8-16(9-7-11)13(17)10-19-12-4-2-1-3-5-12/h1-5,11H,6-10H2,(H2,15,18). The summed E-state index contributed by atoms with van der Waals surface area (Å²) in [7, 11) is 0. The molecule has 2 rings (SSSR count). The van der Waals surface area contributed by atoms with Gasteiger partial charge >= 0.3 is 0 Å². The van der Waals surface area contributed by atoms with Gasteiger partial charge in [-0.2, -0.15) is 0 Å². The molecular weight excluding hydrogens is 260 g/mol. The first-order valence-corrected chi connectivity index (χ1v) is 7.40. The summed E-state index contributed by atoms with van der Waals surface area (Å²) in [6.07, 6.45) is 1.38. The second-order valence-electron chi connectivity index (χ2n) is 4.66. The molecule has 0 aliphatic carbocycles. The van der Waals surface area contributed by atoms with Gasteiger partial charge in [-0.1, -0.05) is 18.2 Å². The highest BCUT2D eigenvalue weighted by molar-refractivity contribution is 8.00. The maximum Gasteiger partial charge on any atom is 0.232 e. The van der Waals surface area contributed by atoms with E-state index >= 15 is 0 Å². The smallest absolute Gasteiger partial charge is 0.232 e. The molecule has 1 aliphatic rings. The van der Waals surface area contributed by atoms with Crippen LogP contribution in [0.1, 0.15) is 12.8 Å². The second kappa shape index (κ2) is 6.61. The molecule has 19 heavy (non-hydrogen) atoms. The van der Waals surface area contributed by atoms with Crippen molar-refractivity contribution in [3.8, 4) is 0 Å². The van der Waals surface area contributed by atoms with Crippen molar-refractivity contribution >= 4 is 23.6 Å². The van der Waals surface area contributed by atoms with Gasteiger partial charge in [-0.05, 0) is 25.0 Å². The number of piperidine rings is 1. The van der Waals surface area contributed by atoms with Crippen molar-refractivity contribution in [3.05, 3.63) is 30.3 Å². The normalized spacial score (nSPS) is 16.3. The zero-order chi connectivity index (χ0) is 13.7. The molecule has 0 unspecified atom stereocenters. The molecule has 1 aliphatic heterocycles. The van der Waals surface area contributed by atoms with Crippen molar-refractivity contribution < 1.29 is 9.59 Å². The van der Waals surface area contributed by atoms with E-state index in [2.05, 4.69) is 0 Å². The van der Waals surface area contributed by atoms with E-state index < -0.39 is 0 Å². The predicted molar refractivity (Wildman–Crippen MR) is 75.7 cm³/mol. The maximum atomic E-state index is 12.0. The number of nitrogens with two attached hydrogens (primary N) is 1. The Morgan fingerprint density at radius 3 is 2.42 bits per heavy atom. The first-order valence-electron chi connectivity index (χ1n) is 6.42. The number of amides is 2. The summed E-state index contributed by atoms with van der Waals surface area (Å²) in [5, 5.41) is 0. The van der Waals surface area contributed by atoms with Crippen LogP contribution in [-0.4, -0.2) is 35.6 Å². The Bertz CT molecular complexity index is 442. The van der Waals surface area contributed by atoms with Crippen LogP contribution in [0.3, 0.4) is 0 Å². The predicted octanol–water partition coefficient (Wildman–Crippen LogP) is 1.50. The third-order valence-corrected chi connectivity index (χ3v) is 4.35. The van der Waals surface area contributed by atoms with Gasteiger partial charge in [0.2, 0.25) is 11.8 Å². The van der Waals surface area contributed by atoms with Crippen molar-refractivity contribution in [2.45, 2.75) is 17.7 Å². The van der Waals surface area contributed by atoms with Crippen LogP contribution in [0, 0.1) is 5.92 Å². The lowest BCUT2D eigenvalue weighted by Crippen LogP contribution is -2.42. The Kier molecular flexibility index (Phi) is 4.85. The maximum absolute atomic E-state index is 12.0. The number of carbonyl (C=O) groups excluding carboxylic acids is 2. The number of hydrogen-bond acceptors (Lipinski definition) is 3. The molecule has 2 amide bonds. The van der Waals surface area contributed by atoms with Gasteiger partial charge in [0, 0.05) is 23.9 Å². The first-order chi connectivity index (χ1) is 9.16. The largest absolute Gasteiger partial charge is 0.369 e. The summed E-state index contributed by atoms with van der Waals surface area (Å²) < 4.78 is 0. The fourth-order valence-electron chi connectivity index (χ4n) is 2.17. The minimum atomic E-state index is -0.245. The monoisotopic (exact) mass is 278 g/mol. The Morgan fingerprint density at radius 1 is 1.21 bits per heavy atom. The molecule has 0 atom stereocenters. The number of likely N-dealkylation sites (tertiary alicyclic amines) is 1. The highest BCUT2D eigenvalue weighted by atomic mass is 32.2. The third-order valence-electron chi connectivity index (χ3n) is 3.36. The van der Waals surface area contributed by atoms with Crippen molar-refractivity contribution in [1.82, 2.24) is 4.90 Å². The SMILES string of the molecule is NC(=O)C1CCN(C(=O)CSc2ccccc2)CC1. The van der Waals surface area contributed by atoms with Gasteiger partial charge in [0.15, 0.2) is 0 Å². The van der Waals surface area contributed by atoms with Crippen LogP contribution in [0.2, 0.25) is 0 Å². The van der Waals surface area contributed by atoms with Gasteiger partial charge in [0.1, 0.15) is 0 Å². The molecule has 1 saturated heterocycles. The number of carbonyl (C=O) groups is 2. The topological polar surface area (TPSA) is 63.4 Å². The number of nitrogens with zero attached hydrogens (tertiary/aromatic N) is 1. The Morgan fingerprint density at radius 2 is 1.84 bits per heavy atom. The zero-order valence-electron chi connectivity index (χ0n) is 10.7. The lowest BCUT2D eigenvalue weighted by molar-refractivity contribution is -0.132. The number of benzene rings is 1. The second-order valence-corrected chi connectivity index (χ2v) is 5.71. The molecule has 0 bridgehead atoms. The van der Waals surface area contributed by atoms with Crippen LogP contribution >= 0.6 is 11.8 Å². The van der Waals surface area contributed by atoms with Crippen LogP contribution in [0.15, 0.2) is 35.2 Å². The van der Waals surface area contributed by atoms with Gasteiger partial charge in [-0.3, -0.25) is 9.59 Å². The molecule has 4 nitrogen and oxygen atoms in total. The average Bonchev–Trinajstić information content (AvgIpc) is 2.46. The van der Waals surface area contributed by atoms with Gasteiger partial charge in [0.25, 0.3) is 0 Å². The van der Waals surface area contributed by atoms with Crippen LogP contribution in [0.4, 0.5) is 0 Å². The van der Waals surface area contributed by atoms with Crippen LogP contribution in [-0.2, 0) is 9.59 Å². The Hall–Kier alpha value is -1.49. The molecule has 1 aromatic rings. The molecule has 5 heteroatoms. The summed E-state index contributed by atoms with van der Waals surface area (Å²) in [5.74, 6) is 0.277. The van der Waals surface area contributed by atoms with Crippen LogP contribution in [0.5, 0.6) is 0 Å². The van der Waals surface area contributed by atoms with E-state index in [1.165, 1.54) is 0 Å². The van der Waals surface area contributed by atoms with Crippen molar-refractivity contribution in [2.75, 3.05) is 18.8 Å². The molecule has 1 heterocycles. The van der Waals surface area contributed by atoms with Crippen molar-refractivity contribution in [3.63, 3.8) is 0 Å². The minimum absolute atomic E-state index is 0.0640. The molecule has 0 radical (unpaired) electrons. The lowest BCUT2D eigenvalue weighted by Gasteiger charge is -2.30. The first kappa shape index (κ1) is 13.9. The summed E-state index contributed by atoms with van der Waals surface area (Å²) >= 11 is 1.55. The highest BCUT2D eigenvalue weighted by Crippen LogP contribution is 2.20. The van der Waals surface area contributed by atoms with Crippen molar-refractivity contribution in [2.24, 2.45) is 11.7 Å². The van der Waals surface area contributed by atoms with E-state index in [1.54, 1.807) is 11.8 Å². The molecule has 1 aromatic carbocycles. The molecule has 0 aromatic heterocycles. The average molecular weight is 278 g/mol. The number of primary amides is 1. The lowest BCUT2D eigenvalue weighted by atomic mass is 9.96. The molecule has 0 spiro atoms. The van der Waals surface area contributed by atoms with E-state index in [0.29, 0.717) is 31.7 Å². The molecule has 0 saturated carbocycles. The van der Waals surface area contributed by atoms with E-state index in [9.17, 15) is 9.59 Å². The molecular formula is C14H18N2O2S. The highest BCUT2D eigenvalue weighted by Gasteiger charge is 2.25. The van der Waals surface area contributed by atoms with Gasteiger partial charge in [0.05, 0.1) is 5.75 Å². The van der Waals surface area contributed by atoms with E-state index in [4.69, 9.17) is 5.73 Å². The fraction of sp³-hybridized carbons (Fsp3) is 0.429. The fourth-order valence-corrected chi connectivity index (χ4v) is 2.99. The van der Waals surface area contributed by atoms with Crippen LogP contribution in [0.25, 0.3) is 0 Å². The number of thioether (sulfide) groups is 1. The summed E-state index contributed by atoms with van der Waals surface area (Å²) in [6, 6.07) is 9.88. The Balaban J connectivity index is 1.77. The summed E-state index contributed by atoms with van der Waals surface area (Å²) in [6.45, 7) is 1.28. The van der Waals surface area contributed by atoms with Crippen molar-refractivity contribution in [1.29, 1.82) is 0 Å². The molecule has 102 valence electrons. The molecule has 2 N–H and O–H groups in total. The van der Waals surface area contributed by atoms with Gasteiger partial charge in [-0.25, -0.2) is 0 Å². The van der Waals surface area contributed by atoms with E-state index in [1.807, 2.05) is 35.2 Å². The van der Waals surface area contributed by atoms with E-state index in [-0.39, 0.29) is 17.7 Å². The van der Waals surface area contributed by atoms with E-state index in [0.717, 1.165) is 4.90 Å².